The minimum Gasteiger partial charge on any atom is -0.368 e. The highest BCUT2D eigenvalue weighted by atomic mass is 16.2. The van der Waals surface area contributed by atoms with Gasteiger partial charge in [0.05, 0.1) is 0 Å². The molecule has 0 unspecified atom stereocenters. The number of carbonyl (C=O) groups is 3. The predicted octanol–water partition coefficient (Wildman–Crippen LogP) is 1.81. The summed E-state index contributed by atoms with van der Waals surface area (Å²) in [5, 5.41) is 5.28. The van der Waals surface area contributed by atoms with Crippen molar-refractivity contribution in [3.8, 4) is 0 Å². The number of nitrogens with two attached hydrogens (primary N) is 1. The van der Waals surface area contributed by atoms with Gasteiger partial charge in [-0.05, 0) is 17.5 Å². The number of carbonyl (C=O) groups excluding carboxylic acids is 3. The number of hydrogen-bond acceptors (Lipinski definition) is 3. The number of amides is 3. The molecule has 0 aromatic heterocycles. The van der Waals surface area contributed by atoms with Crippen LogP contribution < -0.4 is 16.4 Å². The quantitative estimate of drug-likeness (QED) is 0.619. The van der Waals surface area contributed by atoms with E-state index in [1.54, 1.807) is 6.08 Å². The van der Waals surface area contributed by atoms with E-state index in [0.29, 0.717) is 6.42 Å². The number of hydrogen-bond donors (Lipinski definition) is 3. The van der Waals surface area contributed by atoms with E-state index in [4.69, 9.17) is 5.73 Å². The summed E-state index contributed by atoms with van der Waals surface area (Å²) in [6.45, 7) is 1.35. The standard InChI is InChI=1S/C22H25N3O3/c1-16(26)24-20(15-18-11-6-3-7-12-18)22(28)25-19(21(23)27)14-8-13-17-9-4-2-5-10-17/h2-13,19-20H,14-15H2,1H3,(H2,23,27)(H,24,26)(H,25,28)/b13-8+/t19-,20-/m0/s1. The summed E-state index contributed by atoms with van der Waals surface area (Å²) < 4.78 is 0. The van der Waals surface area contributed by atoms with Crippen LogP contribution >= 0.6 is 0 Å². The lowest BCUT2D eigenvalue weighted by Gasteiger charge is -2.21. The normalized spacial score (nSPS) is 12.9. The van der Waals surface area contributed by atoms with Crippen LogP contribution in [0.5, 0.6) is 0 Å². The first-order chi connectivity index (χ1) is 13.5. The van der Waals surface area contributed by atoms with Gasteiger partial charge in [0, 0.05) is 13.3 Å². The van der Waals surface area contributed by atoms with Gasteiger partial charge in [-0.1, -0.05) is 72.8 Å². The first-order valence-corrected chi connectivity index (χ1v) is 9.08. The van der Waals surface area contributed by atoms with Gasteiger partial charge in [0.1, 0.15) is 12.1 Å². The molecular weight excluding hydrogens is 354 g/mol. The Morgan fingerprint density at radius 3 is 2.11 bits per heavy atom. The van der Waals surface area contributed by atoms with Crippen molar-refractivity contribution >= 4 is 23.8 Å². The lowest BCUT2D eigenvalue weighted by Crippen LogP contribution is -2.53. The van der Waals surface area contributed by atoms with Crippen molar-refractivity contribution in [1.29, 1.82) is 0 Å². The molecule has 2 atom stereocenters. The second-order valence-corrected chi connectivity index (χ2v) is 6.46. The molecule has 3 amide bonds. The third-order valence-corrected chi connectivity index (χ3v) is 4.12. The summed E-state index contributed by atoms with van der Waals surface area (Å²) in [6, 6.07) is 17.3. The summed E-state index contributed by atoms with van der Waals surface area (Å²) in [6.07, 6.45) is 4.22. The molecule has 6 heteroatoms. The van der Waals surface area contributed by atoms with Crippen molar-refractivity contribution < 1.29 is 14.4 Å². The Hall–Kier alpha value is -3.41. The van der Waals surface area contributed by atoms with Gasteiger partial charge >= 0.3 is 0 Å². The monoisotopic (exact) mass is 379 g/mol. The molecule has 0 fully saturated rings. The fourth-order valence-electron chi connectivity index (χ4n) is 2.73. The van der Waals surface area contributed by atoms with Crippen LogP contribution in [0.4, 0.5) is 0 Å². The van der Waals surface area contributed by atoms with Crippen molar-refractivity contribution in [2.45, 2.75) is 31.8 Å². The average Bonchev–Trinajstić information content (AvgIpc) is 2.67. The molecule has 0 radical (unpaired) electrons. The van der Waals surface area contributed by atoms with E-state index in [2.05, 4.69) is 10.6 Å². The highest BCUT2D eigenvalue weighted by Gasteiger charge is 2.24. The second-order valence-electron chi connectivity index (χ2n) is 6.46. The van der Waals surface area contributed by atoms with E-state index in [-0.39, 0.29) is 12.3 Å². The van der Waals surface area contributed by atoms with E-state index < -0.39 is 23.9 Å². The molecule has 28 heavy (non-hydrogen) atoms. The predicted molar refractivity (Wildman–Crippen MR) is 109 cm³/mol. The molecule has 0 aliphatic carbocycles. The summed E-state index contributed by atoms with van der Waals surface area (Å²) in [4.78, 5) is 35.9. The smallest absolute Gasteiger partial charge is 0.243 e. The SMILES string of the molecule is CC(=O)N[C@@H](Cc1ccccc1)C(=O)N[C@@H](C/C=C/c1ccccc1)C(N)=O. The van der Waals surface area contributed by atoms with E-state index in [0.717, 1.165) is 11.1 Å². The number of nitrogens with one attached hydrogen (secondary N) is 2. The molecule has 0 aliphatic rings. The molecule has 0 saturated carbocycles. The van der Waals surface area contributed by atoms with Gasteiger partial charge in [-0.15, -0.1) is 0 Å². The number of rotatable bonds is 9. The van der Waals surface area contributed by atoms with Crippen molar-refractivity contribution in [2.24, 2.45) is 5.73 Å². The summed E-state index contributed by atoms with van der Waals surface area (Å²) in [5.74, 6) is -1.40. The summed E-state index contributed by atoms with van der Waals surface area (Å²) >= 11 is 0. The Kier molecular flexibility index (Phi) is 7.96. The molecule has 0 bridgehead atoms. The van der Waals surface area contributed by atoms with E-state index in [9.17, 15) is 14.4 Å². The maximum atomic E-state index is 12.7. The van der Waals surface area contributed by atoms with Gasteiger partial charge in [-0.2, -0.15) is 0 Å². The van der Waals surface area contributed by atoms with E-state index in [1.165, 1.54) is 6.92 Å². The van der Waals surface area contributed by atoms with Crippen LogP contribution in [0.15, 0.2) is 66.7 Å². The number of primary amides is 1. The third kappa shape index (κ3) is 7.07. The van der Waals surface area contributed by atoms with Gasteiger partial charge in [0.15, 0.2) is 0 Å². The Labute approximate surface area is 164 Å². The van der Waals surface area contributed by atoms with Crippen LogP contribution in [0.3, 0.4) is 0 Å². The topological polar surface area (TPSA) is 101 Å². The van der Waals surface area contributed by atoms with E-state index in [1.807, 2.05) is 66.7 Å². The maximum absolute atomic E-state index is 12.7. The molecular formula is C22H25N3O3. The third-order valence-electron chi connectivity index (χ3n) is 4.12. The van der Waals surface area contributed by atoms with Gasteiger partial charge in [-0.3, -0.25) is 14.4 Å². The Bertz CT molecular complexity index is 819. The second kappa shape index (κ2) is 10.7. The molecule has 0 spiro atoms. The molecule has 2 aromatic carbocycles. The zero-order valence-corrected chi connectivity index (χ0v) is 15.8. The Morgan fingerprint density at radius 1 is 0.929 bits per heavy atom. The molecule has 0 aliphatic heterocycles. The highest BCUT2D eigenvalue weighted by Crippen LogP contribution is 2.06. The van der Waals surface area contributed by atoms with Crippen molar-refractivity contribution in [3.63, 3.8) is 0 Å². The molecule has 6 nitrogen and oxygen atoms in total. The van der Waals surface area contributed by atoms with Crippen LogP contribution in [0.2, 0.25) is 0 Å². The number of benzene rings is 2. The van der Waals surface area contributed by atoms with Crippen molar-refractivity contribution in [1.82, 2.24) is 10.6 Å². The lowest BCUT2D eigenvalue weighted by molar-refractivity contribution is -0.130. The molecule has 0 saturated heterocycles. The zero-order valence-electron chi connectivity index (χ0n) is 15.8. The summed E-state index contributed by atoms with van der Waals surface area (Å²) in [7, 11) is 0. The first-order valence-electron chi connectivity index (χ1n) is 9.08. The van der Waals surface area contributed by atoms with Crippen LogP contribution in [-0.4, -0.2) is 29.8 Å². The van der Waals surface area contributed by atoms with Gasteiger partial charge in [0.2, 0.25) is 17.7 Å². The average molecular weight is 379 g/mol. The molecule has 146 valence electrons. The molecule has 2 rings (SSSR count). The summed E-state index contributed by atoms with van der Waals surface area (Å²) in [5.41, 5.74) is 7.33. The largest absolute Gasteiger partial charge is 0.368 e. The van der Waals surface area contributed by atoms with Gasteiger partial charge in [-0.25, -0.2) is 0 Å². The van der Waals surface area contributed by atoms with Gasteiger partial charge in [0.25, 0.3) is 0 Å². The lowest BCUT2D eigenvalue weighted by atomic mass is 10.0. The van der Waals surface area contributed by atoms with E-state index >= 15 is 0 Å². The minimum absolute atomic E-state index is 0.258. The first kappa shape index (κ1) is 20.9. The maximum Gasteiger partial charge on any atom is 0.243 e. The fourth-order valence-corrected chi connectivity index (χ4v) is 2.73. The minimum atomic E-state index is -0.862. The highest BCUT2D eigenvalue weighted by molar-refractivity contribution is 5.91. The van der Waals surface area contributed by atoms with Crippen LogP contribution in [0.25, 0.3) is 6.08 Å². The molecule has 4 N–H and O–H groups in total. The zero-order chi connectivity index (χ0) is 20.4. The van der Waals surface area contributed by atoms with Crippen molar-refractivity contribution in [2.75, 3.05) is 0 Å². The molecule has 2 aromatic rings. The van der Waals surface area contributed by atoms with Crippen LogP contribution in [0, 0.1) is 0 Å². The Balaban J connectivity index is 2.03. The van der Waals surface area contributed by atoms with Crippen LogP contribution in [0.1, 0.15) is 24.5 Å². The van der Waals surface area contributed by atoms with Gasteiger partial charge < -0.3 is 16.4 Å². The molecule has 0 heterocycles. The Morgan fingerprint density at radius 2 is 1.54 bits per heavy atom. The van der Waals surface area contributed by atoms with Crippen molar-refractivity contribution in [3.05, 3.63) is 77.9 Å². The van der Waals surface area contributed by atoms with Crippen LogP contribution in [-0.2, 0) is 20.8 Å². The fraction of sp³-hybridized carbons (Fsp3) is 0.227.